The molecule has 1 fully saturated rings. The quantitative estimate of drug-likeness (QED) is 0.614. The Hall–Kier alpha value is -2.64. The van der Waals surface area contributed by atoms with Gasteiger partial charge in [0, 0.05) is 20.5 Å². The minimum atomic E-state index is -1.23. The van der Waals surface area contributed by atoms with E-state index in [1.165, 1.54) is 16.2 Å². The lowest BCUT2D eigenvalue weighted by Gasteiger charge is -2.32. The number of hydrogen-bond acceptors (Lipinski definition) is 4. The SMILES string of the molecule is C[Si](C)(C)CCON1CCC[C@H](NC(=O)OCC2c3ccccc3-c3ccccc32)C1=O. The smallest absolute Gasteiger partial charge is 0.407 e. The number of fused-ring (bicyclic) bond motifs is 3. The third kappa shape index (κ3) is 5.05. The van der Waals surface area contributed by atoms with Crippen LogP contribution in [0.4, 0.5) is 4.79 Å². The van der Waals surface area contributed by atoms with Crippen molar-refractivity contribution in [3.8, 4) is 11.1 Å². The van der Waals surface area contributed by atoms with Crippen molar-refractivity contribution >= 4 is 20.1 Å². The molecule has 2 aromatic rings. The van der Waals surface area contributed by atoms with Crippen molar-refractivity contribution in [1.82, 2.24) is 10.4 Å². The molecule has 170 valence electrons. The fourth-order valence-corrected chi connectivity index (χ4v) is 5.06. The lowest BCUT2D eigenvalue weighted by Crippen LogP contribution is -2.52. The van der Waals surface area contributed by atoms with Crippen molar-refractivity contribution in [2.24, 2.45) is 0 Å². The molecule has 0 unspecified atom stereocenters. The molecular formula is C25H32N2O4Si. The Bertz CT molecular complexity index is 942. The maximum Gasteiger partial charge on any atom is 0.407 e. The van der Waals surface area contributed by atoms with E-state index in [2.05, 4.69) is 49.2 Å². The number of nitrogens with zero attached hydrogens (tertiary/aromatic N) is 1. The van der Waals surface area contributed by atoms with Crippen LogP contribution in [-0.2, 0) is 14.4 Å². The van der Waals surface area contributed by atoms with Gasteiger partial charge < -0.3 is 10.1 Å². The molecule has 1 aliphatic carbocycles. The summed E-state index contributed by atoms with van der Waals surface area (Å²) in [5.74, 6) is -0.197. The highest BCUT2D eigenvalue weighted by molar-refractivity contribution is 6.76. The van der Waals surface area contributed by atoms with Crippen molar-refractivity contribution in [2.45, 2.75) is 50.5 Å². The van der Waals surface area contributed by atoms with Crippen LogP contribution in [0.15, 0.2) is 48.5 Å². The van der Waals surface area contributed by atoms with Gasteiger partial charge in [0.2, 0.25) is 0 Å². The molecule has 2 aliphatic rings. The maximum atomic E-state index is 12.7. The second-order valence-corrected chi connectivity index (χ2v) is 15.4. The fourth-order valence-electron chi connectivity index (χ4n) is 4.35. The van der Waals surface area contributed by atoms with Gasteiger partial charge in [0.1, 0.15) is 12.6 Å². The van der Waals surface area contributed by atoms with Crippen LogP contribution in [0.3, 0.4) is 0 Å². The molecule has 6 nitrogen and oxygen atoms in total. The van der Waals surface area contributed by atoms with Gasteiger partial charge in [0.05, 0.1) is 6.61 Å². The Labute approximate surface area is 190 Å². The number of carbonyl (C=O) groups is 2. The monoisotopic (exact) mass is 452 g/mol. The second kappa shape index (κ2) is 9.46. The lowest BCUT2D eigenvalue weighted by atomic mass is 9.98. The number of piperidine rings is 1. The van der Waals surface area contributed by atoms with Gasteiger partial charge in [-0.2, -0.15) is 0 Å². The third-order valence-electron chi connectivity index (χ3n) is 6.13. The Morgan fingerprint density at radius 1 is 1.06 bits per heavy atom. The molecule has 0 radical (unpaired) electrons. The maximum absolute atomic E-state index is 12.7. The van der Waals surface area contributed by atoms with E-state index >= 15 is 0 Å². The molecule has 1 saturated heterocycles. The summed E-state index contributed by atoms with van der Waals surface area (Å²) in [5, 5.41) is 4.17. The molecule has 1 N–H and O–H groups in total. The Balaban J connectivity index is 1.33. The molecular weight excluding hydrogens is 420 g/mol. The zero-order valence-corrected chi connectivity index (χ0v) is 20.1. The molecule has 7 heteroatoms. The summed E-state index contributed by atoms with van der Waals surface area (Å²) < 4.78 is 5.60. The minimum absolute atomic E-state index is 0.00314. The highest BCUT2D eigenvalue weighted by Crippen LogP contribution is 2.44. The number of nitrogens with one attached hydrogen (secondary N) is 1. The van der Waals surface area contributed by atoms with E-state index in [-0.39, 0.29) is 18.4 Å². The first kappa shape index (κ1) is 22.5. The van der Waals surface area contributed by atoms with E-state index in [9.17, 15) is 9.59 Å². The van der Waals surface area contributed by atoms with Gasteiger partial charge in [-0.15, -0.1) is 0 Å². The van der Waals surface area contributed by atoms with Gasteiger partial charge in [0.25, 0.3) is 5.91 Å². The number of hydroxylamine groups is 2. The topological polar surface area (TPSA) is 67.9 Å². The van der Waals surface area contributed by atoms with Gasteiger partial charge in [0.15, 0.2) is 0 Å². The molecule has 32 heavy (non-hydrogen) atoms. The Morgan fingerprint density at radius 2 is 1.69 bits per heavy atom. The van der Waals surface area contributed by atoms with Gasteiger partial charge in [-0.05, 0) is 41.1 Å². The van der Waals surface area contributed by atoms with Crippen LogP contribution in [-0.4, -0.2) is 50.9 Å². The molecule has 1 aliphatic heterocycles. The van der Waals surface area contributed by atoms with Crippen molar-refractivity contribution in [3.05, 3.63) is 59.7 Å². The van der Waals surface area contributed by atoms with E-state index < -0.39 is 20.2 Å². The van der Waals surface area contributed by atoms with Crippen LogP contribution in [0.2, 0.25) is 25.7 Å². The number of benzene rings is 2. The third-order valence-corrected chi connectivity index (χ3v) is 7.84. The Morgan fingerprint density at radius 3 is 2.31 bits per heavy atom. The molecule has 0 bridgehead atoms. The fraction of sp³-hybridized carbons (Fsp3) is 0.440. The number of alkyl carbamates (subject to hydrolysis) is 1. The lowest BCUT2D eigenvalue weighted by molar-refractivity contribution is -0.192. The summed E-state index contributed by atoms with van der Waals surface area (Å²) in [6.45, 7) is 8.16. The number of hydrogen-bond donors (Lipinski definition) is 1. The first-order valence-corrected chi connectivity index (χ1v) is 15.1. The number of ether oxygens (including phenoxy) is 1. The average molecular weight is 453 g/mol. The summed E-state index contributed by atoms with van der Waals surface area (Å²) in [4.78, 5) is 31.0. The van der Waals surface area contributed by atoms with Gasteiger partial charge >= 0.3 is 6.09 Å². The van der Waals surface area contributed by atoms with E-state index in [0.29, 0.717) is 19.6 Å². The standard InChI is InChI=1S/C25H32N2O4Si/c1-32(2,3)16-15-31-27-14-8-13-23(24(27)28)26-25(29)30-17-22-20-11-6-4-9-18(20)19-10-5-7-12-21(19)22/h4-7,9-12,22-23H,8,13-17H2,1-3H3,(H,26,29)/t23-/m0/s1. The van der Waals surface area contributed by atoms with Crippen molar-refractivity contribution in [1.29, 1.82) is 0 Å². The van der Waals surface area contributed by atoms with Gasteiger partial charge in [-0.25, -0.2) is 9.86 Å². The summed E-state index contributed by atoms with van der Waals surface area (Å²) in [6.07, 6.45) is 0.818. The number of rotatable bonds is 7. The highest BCUT2D eigenvalue weighted by Gasteiger charge is 2.33. The summed E-state index contributed by atoms with van der Waals surface area (Å²) in [5.41, 5.74) is 4.70. The zero-order chi connectivity index (χ0) is 22.7. The highest BCUT2D eigenvalue weighted by atomic mass is 28.3. The minimum Gasteiger partial charge on any atom is -0.449 e. The predicted octanol–water partition coefficient (Wildman–Crippen LogP) is 4.79. The molecule has 2 aromatic carbocycles. The molecule has 2 amide bonds. The van der Waals surface area contributed by atoms with E-state index in [1.54, 1.807) is 0 Å². The van der Waals surface area contributed by atoms with E-state index in [4.69, 9.17) is 9.57 Å². The van der Waals surface area contributed by atoms with Crippen LogP contribution >= 0.6 is 0 Å². The molecule has 1 heterocycles. The summed E-state index contributed by atoms with van der Waals surface area (Å²) in [6, 6.07) is 16.8. The summed E-state index contributed by atoms with van der Waals surface area (Å²) in [7, 11) is -1.23. The first-order chi connectivity index (χ1) is 15.3. The van der Waals surface area contributed by atoms with Crippen molar-refractivity contribution in [3.63, 3.8) is 0 Å². The van der Waals surface area contributed by atoms with E-state index in [0.717, 1.165) is 23.6 Å². The largest absolute Gasteiger partial charge is 0.449 e. The average Bonchev–Trinajstić information content (AvgIpc) is 3.08. The Kier molecular flexibility index (Phi) is 6.67. The van der Waals surface area contributed by atoms with Crippen LogP contribution in [0.25, 0.3) is 11.1 Å². The first-order valence-electron chi connectivity index (χ1n) is 11.4. The zero-order valence-electron chi connectivity index (χ0n) is 19.1. The van der Waals surface area contributed by atoms with Crippen LogP contribution in [0.1, 0.15) is 29.9 Å². The van der Waals surface area contributed by atoms with Crippen LogP contribution in [0.5, 0.6) is 0 Å². The van der Waals surface area contributed by atoms with E-state index in [1.807, 2.05) is 24.3 Å². The van der Waals surface area contributed by atoms with Gasteiger partial charge in [-0.1, -0.05) is 68.2 Å². The molecule has 1 atom stereocenters. The molecule has 0 spiro atoms. The van der Waals surface area contributed by atoms with Gasteiger partial charge in [-0.3, -0.25) is 9.63 Å². The molecule has 0 saturated carbocycles. The summed E-state index contributed by atoms with van der Waals surface area (Å²) >= 11 is 0. The normalized spacial score (nSPS) is 18.3. The molecule has 4 rings (SSSR count). The predicted molar refractivity (Wildman–Crippen MR) is 127 cm³/mol. The van der Waals surface area contributed by atoms with Crippen LogP contribution < -0.4 is 5.32 Å². The number of amides is 2. The van der Waals surface area contributed by atoms with Crippen molar-refractivity contribution in [2.75, 3.05) is 19.8 Å². The van der Waals surface area contributed by atoms with Crippen molar-refractivity contribution < 1.29 is 19.2 Å². The second-order valence-electron chi connectivity index (χ2n) is 9.75. The van der Waals surface area contributed by atoms with Crippen LogP contribution in [0, 0.1) is 0 Å². The number of carbonyl (C=O) groups excluding carboxylic acids is 2. The molecule has 0 aromatic heterocycles.